The van der Waals surface area contributed by atoms with E-state index in [1.165, 1.54) is 13.2 Å². The van der Waals surface area contributed by atoms with Gasteiger partial charge in [0.25, 0.3) is 0 Å². The first-order valence-corrected chi connectivity index (χ1v) is 10.9. The molecule has 5 nitrogen and oxygen atoms in total. The first kappa shape index (κ1) is 24.7. The van der Waals surface area contributed by atoms with Gasteiger partial charge in [-0.25, -0.2) is 4.39 Å². The van der Waals surface area contributed by atoms with Crippen molar-refractivity contribution < 1.29 is 28.5 Å². The Bertz CT molecular complexity index is 1180. The second-order valence-corrected chi connectivity index (χ2v) is 7.73. The van der Waals surface area contributed by atoms with Crippen molar-refractivity contribution in [2.75, 3.05) is 13.7 Å². The Morgan fingerprint density at radius 1 is 1.06 bits per heavy atom. The highest BCUT2D eigenvalue weighted by Crippen LogP contribution is 2.35. The summed E-state index contributed by atoms with van der Waals surface area (Å²) < 4.78 is 31.5. The molecule has 3 rings (SSSR count). The summed E-state index contributed by atoms with van der Waals surface area (Å²) in [5.41, 5.74) is 2.62. The Morgan fingerprint density at radius 2 is 1.88 bits per heavy atom. The van der Waals surface area contributed by atoms with E-state index < -0.39 is 11.8 Å². The number of terminal acetylenes is 1. The van der Waals surface area contributed by atoms with E-state index in [4.69, 9.17) is 25.7 Å². The molecule has 1 unspecified atom stereocenters. The summed E-state index contributed by atoms with van der Waals surface area (Å²) in [7, 11) is 1.52. The summed E-state index contributed by atoms with van der Waals surface area (Å²) in [6.07, 6.45) is 6.15. The molecule has 0 fully saturated rings. The van der Waals surface area contributed by atoms with E-state index in [0.717, 1.165) is 11.1 Å². The summed E-state index contributed by atoms with van der Waals surface area (Å²) in [5.74, 6) is 2.72. The van der Waals surface area contributed by atoms with Crippen LogP contribution in [0.5, 0.6) is 17.2 Å². The summed E-state index contributed by atoms with van der Waals surface area (Å²) in [6.45, 7) is 2.24. The SMILES string of the molecule is C#CCOc1cc(COc2cccc(C(CC)CC(=O)O)c2)ccc1-c1cc(OC)ccc1F. The van der Waals surface area contributed by atoms with Gasteiger partial charge < -0.3 is 19.3 Å². The van der Waals surface area contributed by atoms with E-state index in [1.54, 1.807) is 24.3 Å². The van der Waals surface area contributed by atoms with Gasteiger partial charge in [0, 0.05) is 11.1 Å². The molecule has 0 bridgehead atoms. The van der Waals surface area contributed by atoms with Crippen LogP contribution in [0.25, 0.3) is 11.1 Å². The van der Waals surface area contributed by atoms with Crippen molar-refractivity contribution in [2.45, 2.75) is 32.3 Å². The van der Waals surface area contributed by atoms with E-state index in [9.17, 15) is 9.18 Å². The summed E-state index contributed by atoms with van der Waals surface area (Å²) in [6, 6.07) is 17.3. The Hall–Kier alpha value is -3.98. The highest BCUT2D eigenvalue weighted by molar-refractivity contribution is 5.72. The molecule has 0 aromatic heterocycles. The summed E-state index contributed by atoms with van der Waals surface area (Å²) >= 11 is 0. The van der Waals surface area contributed by atoms with Crippen molar-refractivity contribution >= 4 is 5.97 Å². The van der Waals surface area contributed by atoms with Crippen LogP contribution in [0.3, 0.4) is 0 Å². The van der Waals surface area contributed by atoms with Gasteiger partial charge in [-0.05, 0) is 59.9 Å². The Labute approximate surface area is 199 Å². The fraction of sp³-hybridized carbons (Fsp3) is 0.250. The van der Waals surface area contributed by atoms with Crippen molar-refractivity contribution in [1.82, 2.24) is 0 Å². The number of rotatable bonds is 11. The van der Waals surface area contributed by atoms with Crippen LogP contribution in [0, 0.1) is 18.2 Å². The zero-order chi connectivity index (χ0) is 24.5. The van der Waals surface area contributed by atoms with Crippen LogP contribution < -0.4 is 14.2 Å². The Balaban J connectivity index is 1.83. The maximum absolute atomic E-state index is 14.6. The van der Waals surface area contributed by atoms with Gasteiger partial charge >= 0.3 is 5.97 Å². The second-order valence-electron chi connectivity index (χ2n) is 7.73. The monoisotopic (exact) mass is 462 g/mol. The molecule has 0 radical (unpaired) electrons. The standard InChI is InChI=1S/C28H27FO5/c1-4-13-33-27-14-19(9-11-24(27)25-17-22(32-3)10-12-26(25)29)18-34-23-8-6-7-21(15-23)20(5-2)16-28(30)31/h1,6-12,14-15,17,20H,5,13,16,18H2,2-3H3,(H,30,31). The molecular weight excluding hydrogens is 435 g/mol. The van der Waals surface area contributed by atoms with Gasteiger partial charge in [-0.15, -0.1) is 6.42 Å². The first-order valence-electron chi connectivity index (χ1n) is 10.9. The van der Waals surface area contributed by atoms with E-state index >= 15 is 0 Å². The molecule has 0 aliphatic carbocycles. The number of aliphatic carboxylic acids is 1. The van der Waals surface area contributed by atoms with Gasteiger partial charge in [-0.1, -0.05) is 37.1 Å². The molecule has 0 amide bonds. The molecular formula is C28H27FO5. The van der Waals surface area contributed by atoms with Crippen LogP contribution >= 0.6 is 0 Å². The fourth-order valence-electron chi connectivity index (χ4n) is 3.69. The minimum atomic E-state index is -0.828. The van der Waals surface area contributed by atoms with Crippen LogP contribution in [0.1, 0.15) is 36.8 Å². The quantitative estimate of drug-likeness (QED) is 0.351. The Morgan fingerprint density at radius 3 is 2.59 bits per heavy atom. The number of carbonyl (C=O) groups is 1. The highest BCUT2D eigenvalue weighted by atomic mass is 19.1. The van der Waals surface area contributed by atoms with Crippen molar-refractivity contribution in [3.8, 4) is 40.7 Å². The Kier molecular flexibility index (Phi) is 8.53. The number of benzene rings is 3. The maximum Gasteiger partial charge on any atom is 0.303 e. The average Bonchev–Trinajstić information content (AvgIpc) is 2.85. The zero-order valence-electron chi connectivity index (χ0n) is 19.2. The molecule has 0 saturated heterocycles. The van der Waals surface area contributed by atoms with Crippen LogP contribution in [0.4, 0.5) is 4.39 Å². The number of hydrogen-bond donors (Lipinski definition) is 1. The minimum absolute atomic E-state index is 0.0346. The highest BCUT2D eigenvalue weighted by Gasteiger charge is 2.16. The number of carboxylic acids is 1. The lowest BCUT2D eigenvalue weighted by molar-refractivity contribution is -0.137. The first-order chi connectivity index (χ1) is 16.4. The molecule has 3 aromatic rings. The van der Waals surface area contributed by atoms with Gasteiger partial charge in [-0.2, -0.15) is 0 Å². The minimum Gasteiger partial charge on any atom is -0.497 e. The number of methoxy groups -OCH3 is 1. The molecule has 1 atom stereocenters. The van der Waals surface area contributed by atoms with Gasteiger partial charge in [0.05, 0.1) is 13.5 Å². The number of ether oxygens (including phenoxy) is 3. The third kappa shape index (κ3) is 6.29. The zero-order valence-corrected chi connectivity index (χ0v) is 19.2. The van der Waals surface area contributed by atoms with Crippen LogP contribution in [0.2, 0.25) is 0 Å². The molecule has 0 saturated carbocycles. The fourth-order valence-corrected chi connectivity index (χ4v) is 3.69. The number of halogens is 1. The van der Waals surface area contributed by atoms with E-state index in [0.29, 0.717) is 34.8 Å². The van der Waals surface area contributed by atoms with E-state index in [1.807, 2.05) is 37.3 Å². The molecule has 0 aliphatic heterocycles. The smallest absolute Gasteiger partial charge is 0.303 e. The van der Waals surface area contributed by atoms with Crippen molar-refractivity contribution in [2.24, 2.45) is 0 Å². The molecule has 3 aromatic carbocycles. The summed E-state index contributed by atoms with van der Waals surface area (Å²) in [4.78, 5) is 11.1. The molecule has 176 valence electrons. The van der Waals surface area contributed by atoms with Gasteiger partial charge in [-0.3, -0.25) is 4.79 Å². The van der Waals surface area contributed by atoms with Gasteiger partial charge in [0.1, 0.15) is 36.3 Å². The number of carboxylic acid groups (broad SMARTS) is 1. The van der Waals surface area contributed by atoms with Crippen molar-refractivity contribution in [1.29, 1.82) is 0 Å². The van der Waals surface area contributed by atoms with Gasteiger partial charge in [0.15, 0.2) is 0 Å². The molecule has 0 heterocycles. The molecule has 6 heteroatoms. The normalized spacial score (nSPS) is 11.4. The molecule has 34 heavy (non-hydrogen) atoms. The third-order valence-electron chi connectivity index (χ3n) is 5.47. The average molecular weight is 463 g/mol. The molecule has 0 spiro atoms. The van der Waals surface area contributed by atoms with E-state index in [2.05, 4.69) is 5.92 Å². The lowest BCUT2D eigenvalue weighted by atomic mass is 9.93. The predicted octanol–water partition coefficient (Wildman–Crippen LogP) is 6.06. The van der Waals surface area contributed by atoms with Crippen molar-refractivity contribution in [3.63, 3.8) is 0 Å². The third-order valence-corrected chi connectivity index (χ3v) is 5.47. The largest absolute Gasteiger partial charge is 0.497 e. The lowest BCUT2D eigenvalue weighted by Crippen LogP contribution is -2.06. The predicted molar refractivity (Wildman–Crippen MR) is 129 cm³/mol. The van der Waals surface area contributed by atoms with Crippen LogP contribution in [-0.2, 0) is 11.4 Å². The topological polar surface area (TPSA) is 65.0 Å². The molecule has 1 N–H and O–H groups in total. The van der Waals surface area contributed by atoms with Crippen LogP contribution in [-0.4, -0.2) is 24.8 Å². The maximum atomic E-state index is 14.6. The van der Waals surface area contributed by atoms with E-state index in [-0.39, 0.29) is 25.6 Å². The van der Waals surface area contributed by atoms with Crippen LogP contribution in [0.15, 0.2) is 60.7 Å². The molecule has 0 aliphatic rings. The second kappa shape index (κ2) is 11.8. The van der Waals surface area contributed by atoms with Crippen molar-refractivity contribution in [3.05, 3.63) is 77.6 Å². The lowest BCUT2D eigenvalue weighted by Gasteiger charge is -2.16. The summed E-state index contributed by atoms with van der Waals surface area (Å²) in [5, 5.41) is 9.15. The number of hydrogen-bond acceptors (Lipinski definition) is 4. The van der Waals surface area contributed by atoms with Gasteiger partial charge in [0.2, 0.25) is 0 Å².